The minimum atomic E-state index is -0.980. The number of anilines is 1. The third-order valence-corrected chi connectivity index (χ3v) is 3.67. The van der Waals surface area contributed by atoms with Gasteiger partial charge < -0.3 is 20.1 Å². The largest absolute Gasteiger partial charge is 0.481 e. The highest BCUT2D eigenvalue weighted by atomic mass is 35.5. The molecule has 0 radical (unpaired) electrons. The SMILES string of the molecule is O=C(O)CCC(=O)NCc1cc(Cl)ccc1N1CCOCC1. The van der Waals surface area contributed by atoms with Gasteiger partial charge in [0.15, 0.2) is 0 Å². The van der Waals surface area contributed by atoms with Crippen LogP contribution in [-0.2, 0) is 20.9 Å². The predicted molar refractivity (Wildman–Crippen MR) is 83.2 cm³/mol. The van der Waals surface area contributed by atoms with E-state index < -0.39 is 5.97 Å². The van der Waals surface area contributed by atoms with Crippen molar-refractivity contribution in [1.29, 1.82) is 0 Å². The van der Waals surface area contributed by atoms with E-state index in [0.717, 1.165) is 24.3 Å². The number of morpholine rings is 1. The fraction of sp³-hybridized carbons (Fsp3) is 0.467. The molecule has 0 aliphatic carbocycles. The van der Waals surface area contributed by atoms with Crippen molar-refractivity contribution >= 4 is 29.2 Å². The van der Waals surface area contributed by atoms with Gasteiger partial charge in [0.05, 0.1) is 19.6 Å². The first-order chi connectivity index (χ1) is 10.6. The van der Waals surface area contributed by atoms with E-state index in [1.54, 1.807) is 0 Å². The molecular formula is C15H19ClN2O4. The van der Waals surface area contributed by atoms with Crippen molar-refractivity contribution in [2.45, 2.75) is 19.4 Å². The van der Waals surface area contributed by atoms with Crippen LogP contribution in [0.2, 0.25) is 5.02 Å². The van der Waals surface area contributed by atoms with Gasteiger partial charge in [-0.15, -0.1) is 0 Å². The lowest BCUT2D eigenvalue weighted by Crippen LogP contribution is -2.37. The van der Waals surface area contributed by atoms with Gasteiger partial charge in [0, 0.05) is 36.8 Å². The van der Waals surface area contributed by atoms with E-state index >= 15 is 0 Å². The Bertz CT molecular complexity index is 544. The Hall–Kier alpha value is -1.79. The summed E-state index contributed by atoms with van der Waals surface area (Å²) in [6.45, 7) is 3.26. The minimum absolute atomic E-state index is 0.0250. The summed E-state index contributed by atoms with van der Waals surface area (Å²) in [7, 11) is 0. The molecule has 1 aliphatic heterocycles. The van der Waals surface area contributed by atoms with Gasteiger partial charge in [-0.05, 0) is 23.8 Å². The van der Waals surface area contributed by atoms with Crippen LogP contribution in [0.4, 0.5) is 5.69 Å². The van der Waals surface area contributed by atoms with Crippen LogP contribution in [0.5, 0.6) is 0 Å². The van der Waals surface area contributed by atoms with E-state index in [2.05, 4.69) is 10.2 Å². The number of aliphatic carboxylic acids is 1. The second-order valence-electron chi connectivity index (χ2n) is 5.04. The molecule has 120 valence electrons. The van der Waals surface area contributed by atoms with Crippen molar-refractivity contribution in [2.24, 2.45) is 0 Å². The molecule has 1 saturated heterocycles. The first kappa shape index (κ1) is 16.6. The zero-order valence-corrected chi connectivity index (χ0v) is 12.9. The molecule has 0 saturated carbocycles. The molecule has 0 bridgehead atoms. The van der Waals surface area contributed by atoms with E-state index in [1.807, 2.05) is 18.2 Å². The van der Waals surface area contributed by atoms with Crippen LogP contribution < -0.4 is 10.2 Å². The molecule has 2 N–H and O–H groups in total. The van der Waals surface area contributed by atoms with Crippen molar-refractivity contribution in [2.75, 3.05) is 31.2 Å². The Morgan fingerprint density at radius 2 is 2.00 bits per heavy atom. The van der Waals surface area contributed by atoms with Crippen LogP contribution >= 0.6 is 11.6 Å². The number of halogens is 1. The third-order valence-electron chi connectivity index (χ3n) is 3.44. The van der Waals surface area contributed by atoms with Crippen LogP contribution in [-0.4, -0.2) is 43.3 Å². The number of nitrogens with one attached hydrogen (secondary N) is 1. The number of carbonyl (C=O) groups excluding carboxylic acids is 1. The number of carboxylic acids is 1. The number of carbonyl (C=O) groups is 2. The van der Waals surface area contributed by atoms with Crippen LogP contribution in [0.3, 0.4) is 0 Å². The van der Waals surface area contributed by atoms with E-state index in [9.17, 15) is 9.59 Å². The Morgan fingerprint density at radius 3 is 2.68 bits per heavy atom. The molecule has 1 aromatic rings. The highest BCUT2D eigenvalue weighted by molar-refractivity contribution is 6.30. The normalized spacial score (nSPS) is 14.7. The maximum Gasteiger partial charge on any atom is 0.303 e. The van der Waals surface area contributed by atoms with Crippen LogP contribution in [0.15, 0.2) is 18.2 Å². The summed E-state index contributed by atoms with van der Waals surface area (Å²) < 4.78 is 5.34. The summed E-state index contributed by atoms with van der Waals surface area (Å²) in [5.41, 5.74) is 1.93. The maximum absolute atomic E-state index is 11.7. The summed E-state index contributed by atoms with van der Waals surface area (Å²) >= 11 is 6.04. The van der Waals surface area contributed by atoms with Gasteiger partial charge >= 0.3 is 5.97 Å². The summed E-state index contributed by atoms with van der Waals surface area (Å²) in [6, 6.07) is 5.58. The van der Waals surface area contributed by atoms with Crippen LogP contribution in [0.1, 0.15) is 18.4 Å². The lowest BCUT2D eigenvalue weighted by atomic mass is 10.1. The number of ether oxygens (including phenoxy) is 1. The summed E-state index contributed by atoms with van der Waals surface area (Å²) in [6.07, 6.45) is -0.194. The van der Waals surface area contributed by atoms with Crippen molar-refractivity contribution in [3.05, 3.63) is 28.8 Å². The van der Waals surface area contributed by atoms with Crippen LogP contribution in [0.25, 0.3) is 0 Å². The van der Waals surface area contributed by atoms with Gasteiger partial charge in [0.1, 0.15) is 0 Å². The Kier molecular flexibility index (Phi) is 6.03. The average Bonchev–Trinajstić information content (AvgIpc) is 2.52. The fourth-order valence-electron chi connectivity index (χ4n) is 2.31. The minimum Gasteiger partial charge on any atom is -0.481 e. The number of hydrogen-bond acceptors (Lipinski definition) is 4. The van der Waals surface area contributed by atoms with E-state index in [0.29, 0.717) is 24.8 Å². The topological polar surface area (TPSA) is 78.9 Å². The molecule has 1 aliphatic rings. The molecule has 2 rings (SSSR count). The zero-order valence-electron chi connectivity index (χ0n) is 12.2. The fourth-order valence-corrected chi connectivity index (χ4v) is 2.51. The van der Waals surface area contributed by atoms with E-state index in [-0.39, 0.29) is 18.7 Å². The molecule has 0 aromatic heterocycles. The summed E-state index contributed by atoms with van der Waals surface area (Å²) in [4.78, 5) is 24.3. The molecule has 22 heavy (non-hydrogen) atoms. The number of rotatable bonds is 6. The Balaban J connectivity index is 2.00. The molecule has 1 fully saturated rings. The van der Waals surface area contributed by atoms with E-state index in [1.165, 1.54) is 0 Å². The molecule has 0 atom stereocenters. The quantitative estimate of drug-likeness (QED) is 0.831. The Labute approximate surface area is 134 Å². The third kappa shape index (κ3) is 4.89. The first-order valence-corrected chi connectivity index (χ1v) is 7.53. The maximum atomic E-state index is 11.7. The van der Waals surface area contributed by atoms with Crippen LogP contribution in [0, 0.1) is 0 Å². The monoisotopic (exact) mass is 326 g/mol. The molecule has 1 aromatic carbocycles. The van der Waals surface area contributed by atoms with Crippen molar-refractivity contribution < 1.29 is 19.4 Å². The average molecular weight is 327 g/mol. The number of nitrogens with zero attached hydrogens (tertiary/aromatic N) is 1. The number of carboxylic acid groups (broad SMARTS) is 1. The number of amides is 1. The van der Waals surface area contributed by atoms with Gasteiger partial charge in [-0.2, -0.15) is 0 Å². The molecule has 0 unspecified atom stereocenters. The van der Waals surface area contributed by atoms with Gasteiger partial charge in [-0.25, -0.2) is 0 Å². The first-order valence-electron chi connectivity index (χ1n) is 7.16. The number of benzene rings is 1. The van der Waals surface area contributed by atoms with Crippen molar-refractivity contribution in [3.8, 4) is 0 Å². The van der Waals surface area contributed by atoms with Gasteiger partial charge in [-0.3, -0.25) is 9.59 Å². The van der Waals surface area contributed by atoms with E-state index in [4.69, 9.17) is 21.4 Å². The van der Waals surface area contributed by atoms with Gasteiger partial charge in [0.25, 0.3) is 0 Å². The van der Waals surface area contributed by atoms with Crippen molar-refractivity contribution in [1.82, 2.24) is 5.32 Å². The molecule has 0 spiro atoms. The van der Waals surface area contributed by atoms with Crippen molar-refractivity contribution in [3.63, 3.8) is 0 Å². The van der Waals surface area contributed by atoms with Gasteiger partial charge in [-0.1, -0.05) is 11.6 Å². The molecule has 1 amide bonds. The second-order valence-corrected chi connectivity index (χ2v) is 5.48. The molecule has 7 heteroatoms. The smallest absolute Gasteiger partial charge is 0.303 e. The highest BCUT2D eigenvalue weighted by Gasteiger charge is 2.15. The molecular weight excluding hydrogens is 308 g/mol. The second kappa shape index (κ2) is 8.00. The lowest BCUT2D eigenvalue weighted by Gasteiger charge is -2.30. The van der Waals surface area contributed by atoms with Gasteiger partial charge in [0.2, 0.25) is 5.91 Å². The summed E-state index contributed by atoms with van der Waals surface area (Å²) in [5.74, 6) is -1.26. The summed E-state index contributed by atoms with van der Waals surface area (Å²) in [5, 5.41) is 11.9. The number of hydrogen-bond donors (Lipinski definition) is 2. The standard InChI is InChI=1S/C15H19ClN2O4/c16-12-1-2-13(18-5-7-22-8-6-18)11(9-12)10-17-14(19)3-4-15(20)21/h1-2,9H,3-8,10H2,(H,17,19)(H,20,21). The zero-order chi connectivity index (χ0) is 15.9. The highest BCUT2D eigenvalue weighted by Crippen LogP contribution is 2.25. The Morgan fingerprint density at radius 1 is 1.27 bits per heavy atom. The molecule has 6 nitrogen and oxygen atoms in total. The predicted octanol–water partition coefficient (Wildman–Crippen LogP) is 1.66. The lowest BCUT2D eigenvalue weighted by molar-refractivity contribution is -0.138. The molecule has 1 heterocycles.